The van der Waals surface area contributed by atoms with Gasteiger partial charge in [-0.05, 0) is 79.8 Å². The number of carbonyl (C=O) groups is 2. The number of amides is 2. The fourth-order valence-electron chi connectivity index (χ4n) is 4.00. The molecule has 0 aliphatic carbocycles. The predicted octanol–water partition coefficient (Wildman–Crippen LogP) is 5.69. The molecule has 0 bridgehead atoms. The van der Waals surface area contributed by atoms with Gasteiger partial charge < -0.3 is 10.1 Å². The fourth-order valence-corrected chi connectivity index (χ4v) is 5.30. The summed E-state index contributed by atoms with van der Waals surface area (Å²) in [6, 6.07) is 22.6. The molecule has 6 nitrogen and oxygen atoms in total. The van der Waals surface area contributed by atoms with E-state index in [1.165, 1.54) is 22.2 Å². The third-order valence-corrected chi connectivity index (χ3v) is 7.48. The number of benzene rings is 3. The van der Waals surface area contributed by atoms with E-state index >= 15 is 0 Å². The maximum absolute atomic E-state index is 13.7. The largest absolute Gasteiger partial charge is 0.497 e. The van der Waals surface area contributed by atoms with Crippen molar-refractivity contribution in [3.8, 4) is 11.8 Å². The topological polar surface area (TPSA) is 82.4 Å². The molecule has 1 fully saturated rings. The number of nitriles is 1. The Bertz CT molecular complexity index is 1390. The zero-order chi connectivity index (χ0) is 25.8. The number of rotatable bonds is 6. The fraction of sp³-hybridized carbons (Fsp3) is 0.207. The first-order valence-corrected chi connectivity index (χ1v) is 12.4. The number of para-hydroxylation sites is 1. The third kappa shape index (κ3) is 5.14. The van der Waals surface area contributed by atoms with Crippen LogP contribution < -0.4 is 15.0 Å². The zero-order valence-corrected chi connectivity index (χ0v) is 21.5. The van der Waals surface area contributed by atoms with Crippen molar-refractivity contribution in [2.75, 3.05) is 17.3 Å². The number of hydrogen-bond donors (Lipinski definition) is 1. The van der Waals surface area contributed by atoms with Crippen LogP contribution in [0.25, 0.3) is 0 Å². The van der Waals surface area contributed by atoms with Crippen molar-refractivity contribution >= 4 is 35.0 Å². The molecule has 0 radical (unpaired) electrons. The van der Waals surface area contributed by atoms with Crippen molar-refractivity contribution in [2.45, 2.75) is 32.4 Å². The van der Waals surface area contributed by atoms with E-state index in [0.29, 0.717) is 28.6 Å². The number of nitrogens with zero attached hydrogens (tertiary/aromatic N) is 2. The second-order valence-electron chi connectivity index (χ2n) is 8.66. The van der Waals surface area contributed by atoms with Crippen LogP contribution in [-0.4, -0.2) is 24.2 Å². The second-order valence-corrected chi connectivity index (χ2v) is 9.85. The summed E-state index contributed by atoms with van der Waals surface area (Å²) >= 11 is 1.25. The molecule has 36 heavy (non-hydrogen) atoms. The Hall–Kier alpha value is -4.02. The highest BCUT2D eigenvalue weighted by molar-refractivity contribution is 8.05. The van der Waals surface area contributed by atoms with Crippen LogP contribution in [0.15, 0.2) is 77.3 Å². The lowest BCUT2D eigenvalue weighted by atomic mass is 10.0. The second kappa shape index (κ2) is 10.7. The van der Waals surface area contributed by atoms with Gasteiger partial charge in [0.05, 0.1) is 12.4 Å². The normalized spacial score (nSPS) is 16.5. The molecule has 2 amide bonds. The van der Waals surface area contributed by atoms with E-state index in [2.05, 4.69) is 17.5 Å². The average Bonchev–Trinajstić information content (AvgIpc) is 3.18. The molecule has 7 heteroatoms. The van der Waals surface area contributed by atoms with E-state index in [1.807, 2.05) is 51.1 Å². The molecular formula is C29H27N3O3S. The number of anilines is 2. The molecule has 1 aliphatic rings. The average molecular weight is 498 g/mol. The first-order chi connectivity index (χ1) is 17.3. The number of thioether (sulfide) groups is 1. The van der Waals surface area contributed by atoms with E-state index in [4.69, 9.17) is 4.74 Å². The summed E-state index contributed by atoms with van der Waals surface area (Å²) in [7, 11) is 1.57. The van der Waals surface area contributed by atoms with E-state index in [0.717, 1.165) is 16.7 Å². The first-order valence-electron chi connectivity index (χ1n) is 11.5. The van der Waals surface area contributed by atoms with Crippen molar-refractivity contribution in [1.29, 1.82) is 5.26 Å². The number of ether oxygens (including phenoxy) is 1. The van der Waals surface area contributed by atoms with Gasteiger partial charge in [-0.1, -0.05) is 48.2 Å². The predicted molar refractivity (Wildman–Crippen MR) is 144 cm³/mol. The van der Waals surface area contributed by atoms with Gasteiger partial charge in [0.25, 0.3) is 5.91 Å². The SMILES string of the molecule is COc1ccc(N2C(=O)C(Cc3ccc(C)c(C)c3)S/C2=C(/C#N)C(=O)Nc2ccccc2C)cc1. The van der Waals surface area contributed by atoms with Crippen LogP contribution in [0.5, 0.6) is 5.75 Å². The molecular weight excluding hydrogens is 470 g/mol. The van der Waals surface area contributed by atoms with Gasteiger partial charge >= 0.3 is 0 Å². The van der Waals surface area contributed by atoms with Gasteiger partial charge in [-0.25, -0.2) is 0 Å². The Kier molecular flexibility index (Phi) is 7.47. The number of nitrogens with one attached hydrogen (secondary N) is 1. The summed E-state index contributed by atoms with van der Waals surface area (Å²) in [4.78, 5) is 28.4. The Morgan fingerprint density at radius 3 is 2.39 bits per heavy atom. The summed E-state index contributed by atoms with van der Waals surface area (Å²) in [5.41, 5.74) is 5.33. The van der Waals surface area contributed by atoms with Gasteiger partial charge in [0.2, 0.25) is 5.91 Å². The van der Waals surface area contributed by atoms with E-state index in [-0.39, 0.29) is 11.5 Å². The van der Waals surface area contributed by atoms with Gasteiger partial charge in [0.15, 0.2) is 0 Å². The van der Waals surface area contributed by atoms with E-state index in [9.17, 15) is 14.9 Å². The van der Waals surface area contributed by atoms with Crippen molar-refractivity contribution in [2.24, 2.45) is 0 Å². The van der Waals surface area contributed by atoms with E-state index in [1.54, 1.807) is 37.4 Å². The van der Waals surface area contributed by atoms with Crippen LogP contribution in [0, 0.1) is 32.1 Å². The van der Waals surface area contributed by atoms with Crippen molar-refractivity contribution in [3.63, 3.8) is 0 Å². The van der Waals surface area contributed by atoms with Gasteiger partial charge in [-0.3, -0.25) is 14.5 Å². The number of carbonyl (C=O) groups excluding carboxylic acids is 2. The van der Waals surface area contributed by atoms with Crippen LogP contribution in [-0.2, 0) is 16.0 Å². The molecule has 1 heterocycles. The highest BCUT2D eigenvalue weighted by Gasteiger charge is 2.41. The number of aryl methyl sites for hydroxylation is 3. The standard InChI is InChI=1S/C29H27N3O3S/c1-18-9-10-21(15-20(18)3)16-26-28(34)32(22-11-13-23(35-4)14-12-22)29(36-26)24(17-30)27(33)31-25-8-6-5-7-19(25)2/h5-15,26H,16H2,1-4H3,(H,31,33)/b29-24-. The van der Waals surface area contributed by atoms with Crippen LogP contribution in [0.2, 0.25) is 0 Å². The Morgan fingerprint density at radius 2 is 1.75 bits per heavy atom. The van der Waals surface area contributed by atoms with Gasteiger partial charge in [0, 0.05) is 11.4 Å². The Labute approximate surface area is 215 Å². The quantitative estimate of drug-likeness (QED) is 0.350. The van der Waals surface area contributed by atoms with Crippen molar-refractivity contribution in [1.82, 2.24) is 0 Å². The molecule has 1 N–H and O–H groups in total. The van der Waals surface area contributed by atoms with Gasteiger partial charge in [-0.2, -0.15) is 5.26 Å². The maximum Gasteiger partial charge on any atom is 0.269 e. The first kappa shape index (κ1) is 25.1. The van der Waals surface area contributed by atoms with Gasteiger partial charge in [0.1, 0.15) is 22.4 Å². The smallest absolute Gasteiger partial charge is 0.269 e. The molecule has 1 atom stereocenters. The summed E-state index contributed by atoms with van der Waals surface area (Å²) in [6.45, 7) is 5.97. The van der Waals surface area contributed by atoms with Crippen LogP contribution in [0.3, 0.4) is 0 Å². The van der Waals surface area contributed by atoms with Crippen molar-refractivity contribution in [3.05, 3.63) is 99.6 Å². The summed E-state index contributed by atoms with van der Waals surface area (Å²) in [5, 5.41) is 12.7. The Balaban J connectivity index is 1.74. The molecule has 0 saturated carbocycles. The molecule has 1 aliphatic heterocycles. The van der Waals surface area contributed by atoms with E-state index < -0.39 is 11.2 Å². The lowest BCUT2D eigenvalue weighted by molar-refractivity contribution is -0.117. The highest BCUT2D eigenvalue weighted by Crippen LogP contribution is 2.42. The monoisotopic (exact) mass is 497 g/mol. The summed E-state index contributed by atoms with van der Waals surface area (Å²) in [6.07, 6.45) is 0.485. The summed E-state index contributed by atoms with van der Waals surface area (Å²) < 4.78 is 5.25. The molecule has 3 aromatic carbocycles. The van der Waals surface area contributed by atoms with Crippen LogP contribution >= 0.6 is 11.8 Å². The van der Waals surface area contributed by atoms with Gasteiger partial charge in [-0.15, -0.1) is 0 Å². The third-order valence-electron chi connectivity index (χ3n) is 6.22. The Morgan fingerprint density at radius 1 is 1.03 bits per heavy atom. The molecule has 4 rings (SSSR count). The maximum atomic E-state index is 13.7. The minimum absolute atomic E-state index is 0.102. The molecule has 1 saturated heterocycles. The molecule has 0 spiro atoms. The summed E-state index contributed by atoms with van der Waals surface area (Å²) in [5.74, 6) is -0.0738. The van der Waals surface area contributed by atoms with Crippen LogP contribution in [0.1, 0.15) is 22.3 Å². The minimum Gasteiger partial charge on any atom is -0.497 e. The van der Waals surface area contributed by atoms with Crippen molar-refractivity contribution < 1.29 is 14.3 Å². The molecule has 182 valence electrons. The number of hydrogen-bond acceptors (Lipinski definition) is 5. The zero-order valence-electron chi connectivity index (χ0n) is 20.7. The number of methoxy groups -OCH3 is 1. The molecule has 1 unspecified atom stereocenters. The van der Waals surface area contributed by atoms with Crippen LogP contribution in [0.4, 0.5) is 11.4 Å². The molecule has 3 aromatic rings. The molecule has 0 aromatic heterocycles. The highest BCUT2D eigenvalue weighted by atomic mass is 32.2. The lowest BCUT2D eigenvalue weighted by Crippen LogP contribution is -2.31. The lowest BCUT2D eigenvalue weighted by Gasteiger charge is -2.19. The minimum atomic E-state index is -0.549.